The molecule has 1 aliphatic rings. The van der Waals surface area contributed by atoms with Crippen molar-refractivity contribution in [3.8, 4) is 5.88 Å². The van der Waals surface area contributed by atoms with Gasteiger partial charge >= 0.3 is 0 Å². The summed E-state index contributed by atoms with van der Waals surface area (Å²) in [4.78, 5) is 16.3. The summed E-state index contributed by atoms with van der Waals surface area (Å²) in [6, 6.07) is 7.50. The number of imidazole rings is 1. The number of aromatic amines is 1. The van der Waals surface area contributed by atoms with E-state index in [0.29, 0.717) is 30.0 Å². The zero-order valence-electron chi connectivity index (χ0n) is 14.6. The number of aliphatic hydroxyl groups is 1. The number of hydrogen-bond donors (Lipinski definition) is 3. The van der Waals surface area contributed by atoms with Crippen molar-refractivity contribution in [2.24, 2.45) is 5.92 Å². The molecule has 0 spiro atoms. The Kier molecular flexibility index (Phi) is 4.97. The van der Waals surface area contributed by atoms with E-state index in [9.17, 15) is 5.11 Å². The second kappa shape index (κ2) is 7.70. The fourth-order valence-electron chi connectivity index (χ4n) is 3.39. The van der Waals surface area contributed by atoms with Gasteiger partial charge in [-0.05, 0) is 36.5 Å². The number of anilines is 2. The minimum absolute atomic E-state index is 0.00940. The summed E-state index contributed by atoms with van der Waals surface area (Å²) in [7, 11) is 0. The van der Waals surface area contributed by atoms with Crippen LogP contribution in [0.15, 0.2) is 30.6 Å². The maximum absolute atomic E-state index is 9.29. The smallest absolute Gasteiger partial charge is 0.245 e. The molecule has 7 nitrogen and oxygen atoms in total. The van der Waals surface area contributed by atoms with Gasteiger partial charge in [0.25, 0.3) is 0 Å². The van der Waals surface area contributed by atoms with E-state index in [1.807, 2.05) is 24.3 Å². The van der Waals surface area contributed by atoms with Gasteiger partial charge < -0.3 is 20.1 Å². The van der Waals surface area contributed by atoms with Crippen LogP contribution in [0.2, 0.25) is 0 Å². The van der Waals surface area contributed by atoms with Gasteiger partial charge in [-0.15, -0.1) is 0 Å². The second-order valence-corrected chi connectivity index (χ2v) is 6.75. The zero-order valence-corrected chi connectivity index (χ0v) is 14.6. The SMILES string of the molecule is OCc1cccc(Nc2nc(OCC3CCCCC3)c3[nH]cnc3n2)c1. The number of nitrogens with one attached hydrogen (secondary N) is 2. The van der Waals surface area contributed by atoms with Gasteiger partial charge in [0.2, 0.25) is 11.8 Å². The van der Waals surface area contributed by atoms with Crippen molar-refractivity contribution in [2.45, 2.75) is 38.7 Å². The summed E-state index contributed by atoms with van der Waals surface area (Å²) in [5, 5.41) is 12.5. The van der Waals surface area contributed by atoms with Crippen LogP contribution in [0.5, 0.6) is 5.88 Å². The number of aromatic nitrogens is 4. The highest BCUT2D eigenvalue weighted by Gasteiger charge is 2.17. The van der Waals surface area contributed by atoms with Crippen molar-refractivity contribution in [2.75, 3.05) is 11.9 Å². The lowest BCUT2D eigenvalue weighted by molar-refractivity contribution is 0.205. The van der Waals surface area contributed by atoms with Gasteiger partial charge in [0.1, 0.15) is 5.52 Å². The minimum Gasteiger partial charge on any atom is -0.476 e. The number of nitrogens with zero attached hydrogens (tertiary/aromatic N) is 3. The van der Waals surface area contributed by atoms with Crippen molar-refractivity contribution in [1.82, 2.24) is 19.9 Å². The predicted molar refractivity (Wildman–Crippen MR) is 99.4 cm³/mol. The Morgan fingerprint density at radius 3 is 2.92 bits per heavy atom. The maximum atomic E-state index is 9.29. The van der Waals surface area contributed by atoms with Crippen LogP contribution in [-0.2, 0) is 6.61 Å². The van der Waals surface area contributed by atoms with Crippen LogP contribution in [0, 0.1) is 5.92 Å². The molecular formula is C19H23N5O2. The van der Waals surface area contributed by atoms with Crippen molar-refractivity contribution in [1.29, 1.82) is 0 Å². The molecule has 1 aliphatic carbocycles. The average Bonchev–Trinajstić information content (AvgIpc) is 3.16. The fourth-order valence-corrected chi connectivity index (χ4v) is 3.39. The molecule has 0 unspecified atom stereocenters. The molecule has 0 aliphatic heterocycles. The van der Waals surface area contributed by atoms with E-state index in [4.69, 9.17) is 4.74 Å². The number of ether oxygens (including phenoxy) is 1. The first-order valence-corrected chi connectivity index (χ1v) is 9.12. The van der Waals surface area contributed by atoms with Crippen LogP contribution in [-0.4, -0.2) is 31.6 Å². The van der Waals surface area contributed by atoms with E-state index in [-0.39, 0.29) is 6.61 Å². The molecule has 0 radical (unpaired) electrons. The molecule has 2 heterocycles. The Balaban J connectivity index is 1.55. The van der Waals surface area contributed by atoms with Gasteiger partial charge in [-0.2, -0.15) is 9.97 Å². The molecule has 136 valence electrons. The number of fused-ring (bicyclic) bond motifs is 1. The molecular weight excluding hydrogens is 330 g/mol. The Hall–Kier alpha value is -2.67. The van der Waals surface area contributed by atoms with Crippen LogP contribution >= 0.6 is 0 Å². The molecule has 0 bridgehead atoms. The summed E-state index contributed by atoms with van der Waals surface area (Å²) in [6.07, 6.45) is 7.93. The fraction of sp³-hybridized carbons (Fsp3) is 0.421. The lowest BCUT2D eigenvalue weighted by Crippen LogP contribution is -2.16. The molecule has 0 saturated heterocycles. The van der Waals surface area contributed by atoms with Gasteiger partial charge in [-0.1, -0.05) is 31.4 Å². The Morgan fingerprint density at radius 1 is 1.19 bits per heavy atom. The summed E-state index contributed by atoms with van der Waals surface area (Å²) in [5.74, 6) is 1.55. The number of aliphatic hydroxyl groups excluding tert-OH is 1. The molecule has 1 aromatic carbocycles. The number of benzene rings is 1. The third-order valence-corrected chi connectivity index (χ3v) is 4.80. The van der Waals surface area contributed by atoms with E-state index >= 15 is 0 Å². The van der Waals surface area contributed by atoms with E-state index < -0.39 is 0 Å². The summed E-state index contributed by atoms with van der Waals surface area (Å²) in [6.45, 7) is 0.662. The molecule has 3 N–H and O–H groups in total. The van der Waals surface area contributed by atoms with Crippen LogP contribution in [0.4, 0.5) is 11.6 Å². The second-order valence-electron chi connectivity index (χ2n) is 6.75. The van der Waals surface area contributed by atoms with Gasteiger partial charge in [-0.3, -0.25) is 0 Å². The molecule has 3 aromatic rings. The molecule has 1 saturated carbocycles. The van der Waals surface area contributed by atoms with Crippen LogP contribution < -0.4 is 10.1 Å². The first kappa shape index (κ1) is 16.8. The van der Waals surface area contributed by atoms with E-state index in [1.165, 1.54) is 32.1 Å². The normalized spacial score (nSPS) is 15.3. The van der Waals surface area contributed by atoms with Gasteiger partial charge in [0, 0.05) is 5.69 Å². The molecule has 26 heavy (non-hydrogen) atoms. The maximum Gasteiger partial charge on any atom is 0.245 e. The lowest BCUT2D eigenvalue weighted by Gasteiger charge is -2.21. The highest BCUT2D eigenvalue weighted by Crippen LogP contribution is 2.27. The van der Waals surface area contributed by atoms with Crippen molar-refractivity contribution >= 4 is 22.8 Å². The van der Waals surface area contributed by atoms with E-state index in [1.54, 1.807) is 6.33 Å². The average molecular weight is 353 g/mol. The zero-order chi connectivity index (χ0) is 17.8. The molecule has 2 aromatic heterocycles. The molecule has 4 rings (SSSR count). The molecule has 0 amide bonds. The monoisotopic (exact) mass is 353 g/mol. The van der Waals surface area contributed by atoms with Gasteiger partial charge in [-0.25, -0.2) is 4.98 Å². The summed E-state index contributed by atoms with van der Waals surface area (Å²) >= 11 is 0. The summed E-state index contributed by atoms with van der Waals surface area (Å²) < 4.78 is 6.04. The largest absolute Gasteiger partial charge is 0.476 e. The number of H-pyrrole nitrogens is 1. The third kappa shape index (κ3) is 3.77. The first-order valence-electron chi connectivity index (χ1n) is 9.12. The molecule has 0 atom stereocenters. The van der Waals surface area contributed by atoms with Crippen molar-refractivity contribution < 1.29 is 9.84 Å². The van der Waals surface area contributed by atoms with Gasteiger partial charge in [0.15, 0.2) is 5.65 Å². The van der Waals surface area contributed by atoms with E-state index in [0.717, 1.165) is 16.8 Å². The number of hydrogen-bond acceptors (Lipinski definition) is 6. The summed E-state index contributed by atoms with van der Waals surface area (Å²) in [5.41, 5.74) is 2.92. The Labute approximate surface area is 151 Å². The third-order valence-electron chi connectivity index (χ3n) is 4.80. The van der Waals surface area contributed by atoms with Crippen molar-refractivity contribution in [3.63, 3.8) is 0 Å². The quantitative estimate of drug-likeness (QED) is 0.627. The topological polar surface area (TPSA) is 95.9 Å². The highest BCUT2D eigenvalue weighted by atomic mass is 16.5. The van der Waals surface area contributed by atoms with Crippen LogP contribution in [0.1, 0.15) is 37.7 Å². The van der Waals surface area contributed by atoms with Crippen LogP contribution in [0.25, 0.3) is 11.2 Å². The Bertz CT molecular complexity index is 873. The van der Waals surface area contributed by atoms with Gasteiger partial charge in [0.05, 0.1) is 19.5 Å². The van der Waals surface area contributed by atoms with Crippen LogP contribution in [0.3, 0.4) is 0 Å². The Morgan fingerprint density at radius 2 is 2.08 bits per heavy atom. The standard InChI is InChI=1S/C19H23N5O2/c25-10-14-7-4-8-15(9-14)22-19-23-17-16(20-12-21-17)18(24-19)26-11-13-5-2-1-3-6-13/h4,7-9,12-13,25H,1-3,5-6,10-11H2,(H2,20,21,22,23,24). The highest BCUT2D eigenvalue weighted by molar-refractivity contribution is 5.77. The van der Waals surface area contributed by atoms with Crippen molar-refractivity contribution in [3.05, 3.63) is 36.2 Å². The number of rotatable bonds is 6. The predicted octanol–water partition coefficient (Wildman–Crippen LogP) is 3.55. The minimum atomic E-state index is -0.00940. The van der Waals surface area contributed by atoms with E-state index in [2.05, 4.69) is 25.3 Å². The molecule has 7 heteroatoms. The lowest BCUT2D eigenvalue weighted by atomic mass is 9.90. The first-order chi connectivity index (χ1) is 12.8. The molecule has 1 fully saturated rings.